The normalized spacial score (nSPS) is 10.2. The molecule has 5 nitrogen and oxygen atoms in total. The number of nitrogens with zero attached hydrogens (tertiary/aromatic N) is 2. The summed E-state index contributed by atoms with van der Waals surface area (Å²) in [5.74, 6) is 1.99. The van der Waals surface area contributed by atoms with Gasteiger partial charge in [0.1, 0.15) is 28.2 Å². The summed E-state index contributed by atoms with van der Waals surface area (Å²) in [4.78, 5) is 8.32. The van der Waals surface area contributed by atoms with Crippen molar-refractivity contribution in [1.82, 2.24) is 9.97 Å². The van der Waals surface area contributed by atoms with Crippen LogP contribution in [0.3, 0.4) is 0 Å². The van der Waals surface area contributed by atoms with Crippen LogP contribution in [0.25, 0.3) is 0 Å². The first-order valence-corrected chi connectivity index (χ1v) is 7.03. The fourth-order valence-corrected chi connectivity index (χ4v) is 2.34. The summed E-state index contributed by atoms with van der Waals surface area (Å²) < 4.78 is 6.08. The van der Waals surface area contributed by atoms with E-state index in [-0.39, 0.29) is 0 Å². The molecule has 0 radical (unpaired) electrons. The van der Waals surface area contributed by atoms with Crippen LogP contribution >= 0.6 is 27.5 Å². The van der Waals surface area contributed by atoms with Gasteiger partial charge in [0.25, 0.3) is 0 Å². The van der Waals surface area contributed by atoms with Gasteiger partial charge in [0.05, 0.1) is 12.8 Å². The van der Waals surface area contributed by atoms with E-state index in [2.05, 4.69) is 36.5 Å². The highest BCUT2D eigenvalue weighted by atomic mass is 79.9. The zero-order chi connectivity index (χ0) is 14.7. The predicted molar refractivity (Wildman–Crippen MR) is 85.3 cm³/mol. The molecule has 0 saturated heterocycles. The van der Waals surface area contributed by atoms with Crippen molar-refractivity contribution in [2.75, 3.05) is 24.8 Å². The largest absolute Gasteiger partial charge is 0.495 e. The first-order chi connectivity index (χ1) is 9.56. The van der Waals surface area contributed by atoms with Crippen molar-refractivity contribution in [2.24, 2.45) is 0 Å². The van der Waals surface area contributed by atoms with Crippen molar-refractivity contribution in [2.45, 2.75) is 6.92 Å². The van der Waals surface area contributed by atoms with E-state index in [1.165, 1.54) is 6.33 Å². The third kappa shape index (κ3) is 2.96. The number of aryl methyl sites for hydroxylation is 1. The molecule has 0 unspecified atom stereocenters. The zero-order valence-corrected chi connectivity index (χ0v) is 13.6. The van der Waals surface area contributed by atoms with E-state index in [4.69, 9.17) is 16.3 Å². The molecule has 7 heteroatoms. The summed E-state index contributed by atoms with van der Waals surface area (Å²) in [7, 11) is 3.39. The van der Waals surface area contributed by atoms with E-state index in [0.717, 1.165) is 15.7 Å². The number of benzene rings is 1. The average molecular weight is 358 g/mol. The Hall–Kier alpha value is -1.53. The minimum absolute atomic E-state index is 0.643. The summed E-state index contributed by atoms with van der Waals surface area (Å²) in [6.45, 7) is 1.93. The van der Waals surface area contributed by atoms with Gasteiger partial charge < -0.3 is 15.4 Å². The molecule has 1 aromatic carbocycles. The molecule has 106 valence electrons. The molecular formula is C13H14BrClN4O. The van der Waals surface area contributed by atoms with Crippen LogP contribution in [-0.4, -0.2) is 24.1 Å². The average Bonchev–Trinajstić information content (AvgIpc) is 2.44. The van der Waals surface area contributed by atoms with Crippen LogP contribution in [0.5, 0.6) is 5.75 Å². The number of aromatic nitrogens is 2. The number of halogens is 2. The van der Waals surface area contributed by atoms with Crippen molar-refractivity contribution < 1.29 is 4.74 Å². The third-order valence-corrected chi connectivity index (χ3v) is 3.92. The van der Waals surface area contributed by atoms with Crippen molar-refractivity contribution in [3.63, 3.8) is 0 Å². The lowest BCUT2D eigenvalue weighted by Crippen LogP contribution is -2.02. The molecular weight excluding hydrogens is 344 g/mol. The first-order valence-electron chi connectivity index (χ1n) is 5.86. The molecule has 2 N–H and O–H groups in total. The van der Waals surface area contributed by atoms with Gasteiger partial charge in [-0.3, -0.25) is 0 Å². The monoisotopic (exact) mass is 356 g/mol. The minimum atomic E-state index is 0.643. The van der Waals surface area contributed by atoms with Crippen molar-refractivity contribution in [3.05, 3.63) is 33.5 Å². The second-order valence-corrected chi connectivity index (χ2v) is 5.26. The molecule has 1 aromatic heterocycles. The Morgan fingerprint density at radius 3 is 2.60 bits per heavy atom. The van der Waals surface area contributed by atoms with Gasteiger partial charge in [-0.1, -0.05) is 11.6 Å². The molecule has 0 aliphatic rings. The highest BCUT2D eigenvalue weighted by molar-refractivity contribution is 9.10. The van der Waals surface area contributed by atoms with Crippen LogP contribution in [0.4, 0.5) is 17.3 Å². The molecule has 0 aliphatic carbocycles. The van der Waals surface area contributed by atoms with E-state index in [1.807, 2.05) is 13.0 Å². The quantitative estimate of drug-likeness (QED) is 0.866. The maximum Gasteiger partial charge on any atom is 0.150 e. The zero-order valence-electron chi connectivity index (χ0n) is 11.3. The fourth-order valence-electron chi connectivity index (χ4n) is 1.69. The molecule has 0 fully saturated rings. The van der Waals surface area contributed by atoms with Crippen molar-refractivity contribution in [1.29, 1.82) is 0 Å². The number of anilines is 3. The van der Waals surface area contributed by atoms with Gasteiger partial charge in [0.15, 0.2) is 0 Å². The summed E-state index contributed by atoms with van der Waals surface area (Å²) >= 11 is 9.56. The van der Waals surface area contributed by atoms with Crippen molar-refractivity contribution in [3.8, 4) is 5.75 Å². The second-order valence-electron chi connectivity index (χ2n) is 4.06. The van der Waals surface area contributed by atoms with Gasteiger partial charge >= 0.3 is 0 Å². The molecule has 2 aromatic rings. The predicted octanol–water partition coefficient (Wildman–Crippen LogP) is 3.99. The topological polar surface area (TPSA) is 59.1 Å². The Kier molecular flexibility index (Phi) is 4.67. The van der Waals surface area contributed by atoms with E-state index in [0.29, 0.717) is 22.4 Å². The molecule has 20 heavy (non-hydrogen) atoms. The Morgan fingerprint density at radius 2 is 1.95 bits per heavy atom. The summed E-state index contributed by atoms with van der Waals surface area (Å²) in [6.07, 6.45) is 1.48. The van der Waals surface area contributed by atoms with Crippen LogP contribution in [0.1, 0.15) is 5.56 Å². The first kappa shape index (κ1) is 14.9. The van der Waals surface area contributed by atoms with Gasteiger partial charge in [-0.2, -0.15) is 0 Å². The second kappa shape index (κ2) is 6.28. The number of ether oxygens (including phenoxy) is 1. The Bertz CT molecular complexity index is 636. The van der Waals surface area contributed by atoms with Gasteiger partial charge in [0, 0.05) is 18.1 Å². The molecule has 1 heterocycles. The third-order valence-electron chi connectivity index (χ3n) is 2.76. The summed E-state index contributed by atoms with van der Waals surface area (Å²) in [6, 6.07) is 3.68. The van der Waals surface area contributed by atoms with Crippen LogP contribution in [0.15, 0.2) is 22.9 Å². The Morgan fingerprint density at radius 1 is 1.25 bits per heavy atom. The molecule has 0 saturated carbocycles. The maximum atomic E-state index is 6.09. The molecule has 0 spiro atoms. The highest BCUT2D eigenvalue weighted by Crippen LogP contribution is 2.35. The van der Waals surface area contributed by atoms with Crippen LogP contribution < -0.4 is 15.4 Å². The van der Waals surface area contributed by atoms with Crippen LogP contribution in [0.2, 0.25) is 5.02 Å². The lowest BCUT2D eigenvalue weighted by atomic mass is 10.2. The summed E-state index contributed by atoms with van der Waals surface area (Å²) in [5.41, 5.74) is 1.74. The van der Waals surface area contributed by atoms with E-state index in [9.17, 15) is 0 Å². The maximum absolute atomic E-state index is 6.09. The lowest BCUT2D eigenvalue weighted by Gasteiger charge is -2.14. The van der Waals surface area contributed by atoms with Crippen LogP contribution in [0, 0.1) is 6.92 Å². The Balaban J connectivity index is 2.42. The minimum Gasteiger partial charge on any atom is -0.495 e. The number of rotatable bonds is 4. The van der Waals surface area contributed by atoms with E-state index >= 15 is 0 Å². The number of methoxy groups -OCH3 is 1. The fraction of sp³-hybridized carbons (Fsp3) is 0.231. The highest BCUT2D eigenvalue weighted by Gasteiger charge is 2.12. The Labute approximate surface area is 130 Å². The number of hydrogen-bond acceptors (Lipinski definition) is 5. The molecule has 0 atom stereocenters. The standard InChI is InChI=1S/C13H14BrClN4O/c1-7-4-9(10(20-3)5-8(7)15)19-13-11(14)12(16-2)17-6-18-13/h4-6H,1-3H3,(H2,16,17,18,19). The van der Waals surface area contributed by atoms with Gasteiger partial charge in [-0.15, -0.1) is 0 Å². The SMILES string of the molecule is CNc1ncnc(Nc2cc(C)c(Cl)cc2OC)c1Br. The number of hydrogen-bond donors (Lipinski definition) is 2. The lowest BCUT2D eigenvalue weighted by molar-refractivity contribution is 0.416. The van der Waals surface area contributed by atoms with Gasteiger partial charge in [-0.25, -0.2) is 9.97 Å². The smallest absolute Gasteiger partial charge is 0.150 e. The van der Waals surface area contributed by atoms with Crippen LogP contribution in [-0.2, 0) is 0 Å². The van der Waals surface area contributed by atoms with Gasteiger partial charge in [0.2, 0.25) is 0 Å². The number of nitrogens with one attached hydrogen (secondary N) is 2. The van der Waals surface area contributed by atoms with E-state index < -0.39 is 0 Å². The molecule has 0 bridgehead atoms. The summed E-state index contributed by atoms with van der Waals surface area (Å²) in [5, 5.41) is 6.85. The van der Waals surface area contributed by atoms with E-state index in [1.54, 1.807) is 20.2 Å². The molecule has 0 aliphatic heterocycles. The van der Waals surface area contributed by atoms with Crippen molar-refractivity contribution >= 4 is 44.9 Å². The molecule has 2 rings (SSSR count). The van der Waals surface area contributed by atoms with Gasteiger partial charge in [-0.05, 0) is 34.5 Å². The molecule has 0 amide bonds.